The number of hydrogen-bond donors (Lipinski definition) is 1. The molecule has 0 aliphatic carbocycles. The van der Waals surface area contributed by atoms with E-state index in [9.17, 15) is 4.79 Å². The van der Waals surface area contributed by atoms with Gasteiger partial charge in [0, 0.05) is 25.0 Å². The van der Waals surface area contributed by atoms with E-state index in [1.54, 1.807) is 11.9 Å². The highest BCUT2D eigenvalue weighted by atomic mass is 16.2. The molecule has 0 unspecified atom stereocenters. The molecule has 1 aromatic carbocycles. The Morgan fingerprint density at radius 2 is 2.05 bits per heavy atom. The van der Waals surface area contributed by atoms with E-state index in [0.29, 0.717) is 12.2 Å². The first-order chi connectivity index (χ1) is 10.7. The number of carbonyl (C=O) groups excluding carboxylic acids is 1. The Labute approximate surface area is 127 Å². The Morgan fingerprint density at radius 1 is 1.23 bits per heavy atom. The molecule has 2 aromatic heterocycles. The minimum absolute atomic E-state index is 0.177. The maximum absolute atomic E-state index is 12.2. The molecule has 3 aromatic rings. The molecule has 0 atom stereocenters. The Morgan fingerprint density at radius 3 is 2.77 bits per heavy atom. The minimum Gasteiger partial charge on any atom is -0.334 e. The van der Waals surface area contributed by atoms with Crippen molar-refractivity contribution in [3.8, 4) is 11.3 Å². The fraction of sp³-hybridized carbons (Fsp3) is 0.125. The molecular formula is C16H15N5O. The summed E-state index contributed by atoms with van der Waals surface area (Å²) in [6.45, 7) is 0.426. The van der Waals surface area contributed by atoms with Crippen LogP contribution in [0.15, 0.2) is 55.0 Å². The van der Waals surface area contributed by atoms with Gasteiger partial charge in [0.05, 0.1) is 24.1 Å². The highest BCUT2D eigenvalue weighted by Crippen LogP contribution is 2.17. The zero-order valence-corrected chi connectivity index (χ0v) is 12.1. The topological polar surface area (TPSA) is 74.8 Å². The summed E-state index contributed by atoms with van der Waals surface area (Å²) in [5, 5.41) is 7.24. The molecule has 0 aliphatic heterocycles. The summed E-state index contributed by atoms with van der Waals surface area (Å²) in [7, 11) is 1.72. The van der Waals surface area contributed by atoms with Gasteiger partial charge in [0.2, 0.25) is 0 Å². The van der Waals surface area contributed by atoms with Crippen LogP contribution in [-0.2, 0) is 6.54 Å². The van der Waals surface area contributed by atoms with Crippen molar-refractivity contribution in [2.24, 2.45) is 0 Å². The van der Waals surface area contributed by atoms with E-state index in [1.807, 2.05) is 36.4 Å². The van der Waals surface area contributed by atoms with Crippen molar-refractivity contribution in [3.63, 3.8) is 0 Å². The van der Waals surface area contributed by atoms with Crippen LogP contribution < -0.4 is 0 Å². The minimum atomic E-state index is -0.177. The number of amides is 1. The standard InChI is InChI=1S/C16H15N5O/c1-21(16(22)15-10-17-7-8-18-15)11-13-9-14(20-19-13)12-5-3-2-4-6-12/h2-10H,11H2,1H3,(H,19,20). The molecule has 0 saturated carbocycles. The molecular weight excluding hydrogens is 278 g/mol. The van der Waals surface area contributed by atoms with Crippen molar-refractivity contribution in [2.75, 3.05) is 7.05 Å². The second-order valence-electron chi connectivity index (χ2n) is 4.90. The normalized spacial score (nSPS) is 10.4. The van der Waals surface area contributed by atoms with Gasteiger partial charge in [-0.2, -0.15) is 5.10 Å². The molecule has 0 bridgehead atoms. The third-order valence-corrected chi connectivity index (χ3v) is 3.24. The summed E-state index contributed by atoms with van der Waals surface area (Å²) in [6, 6.07) is 11.8. The molecule has 0 radical (unpaired) electrons. The molecule has 1 N–H and O–H groups in total. The number of rotatable bonds is 4. The molecule has 0 aliphatic rings. The highest BCUT2D eigenvalue weighted by Gasteiger charge is 2.14. The van der Waals surface area contributed by atoms with Gasteiger partial charge < -0.3 is 4.90 Å². The lowest BCUT2D eigenvalue weighted by atomic mass is 10.1. The number of aromatic nitrogens is 4. The average molecular weight is 293 g/mol. The van der Waals surface area contributed by atoms with Gasteiger partial charge in [-0.3, -0.25) is 14.9 Å². The van der Waals surface area contributed by atoms with Crippen molar-refractivity contribution in [1.82, 2.24) is 25.1 Å². The van der Waals surface area contributed by atoms with E-state index in [0.717, 1.165) is 17.0 Å². The van der Waals surface area contributed by atoms with Gasteiger partial charge in [0.15, 0.2) is 0 Å². The van der Waals surface area contributed by atoms with Crippen LogP contribution in [0.5, 0.6) is 0 Å². The van der Waals surface area contributed by atoms with Crippen LogP contribution in [0.25, 0.3) is 11.3 Å². The van der Waals surface area contributed by atoms with Gasteiger partial charge in [-0.25, -0.2) is 4.98 Å². The van der Waals surface area contributed by atoms with Crippen LogP contribution >= 0.6 is 0 Å². The van der Waals surface area contributed by atoms with Crippen LogP contribution in [0.2, 0.25) is 0 Å². The SMILES string of the molecule is CN(Cc1cc(-c2ccccc2)n[nH]1)C(=O)c1cnccn1. The predicted octanol–water partition coefficient (Wildman–Crippen LogP) is 2.14. The van der Waals surface area contributed by atoms with Gasteiger partial charge in [-0.15, -0.1) is 0 Å². The van der Waals surface area contributed by atoms with Crippen LogP contribution in [0.4, 0.5) is 0 Å². The second kappa shape index (κ2) is 6.17. The zero-order valence-electron chi connectivity index (χ0n) is 12.1. The van der Waals surface area contributed by atoms with Crippen molar-refractivity contribution >= 4 is 5.91 Å². The average Bonchev–Trinajstić information content (AvgIpc) is 3.04. The Balaban J connectivity index is 1.71. The Bertz CT molecular complexity index is 754. The first-order valence-corrected chi connectivity index (χ1v) is 6.85. The first kappa shape index (κ1) is 13.9. The number of benzene rings is 1. The molecule has 0 fully saturated rings. The van der Waals surface area contributed by atoms with Crippen LogP contribution in [-0.4, -0.2) is 38.0 Å². The number of carbonyl (C=O) groups is 1. The third kappa shape index (κ3) is 3.01. The zero-order chi connectivity index (χ0) is 15.4. The van der Waals surface area contributed by atoms with Crippen molar-refractivity contribution < 1.29 is 4.79 Å². The maximum atomic E-state index is 12.2. The molecule has 3 rings (SSSR count). The van der Waals surface area contributed by atoms with Gasteiger partial charge in [0.25, 0.3) is 5.91 Å². The number of H-pyrrole nitrogens is 1. The molecule has 6 heteroatoms. The Hall–Kier alpha value is -3.02. The molecule has 110 valence electrons. The summed E-state index contributed by atoms with van der Waals surface area (Å²) in [4.78, 5) is 21.7. The lowest BCUT2D eigenvalue weighted by Gasteiger charge is -2.14. The fourth-order valence-corrected chi connectivity index (χ4v) is 2.13. The van der Waals surface area contributed by atoms with E-state index in [1.165, 1.54) is 18.6 Å². The molecule has 0 saturated heterocycles. The van der Waals surface area contributed by atoms with Crippen molar-refractivity contribution in [3.05, 3.63) is 66.4 Å². The van der Waals surface area contributed by atoms with E-state index in [2.05, 4.69) is 20.2 Å². The monoisotopic (exact) mass is 293 g/mol. The van der Waals surface area contributed by atoms with Gasteiger partial charge >= 0.3 is 0 Å². The van der Waals surface area contributed by atoms with E-state index in [-0.39, 0.29) is 5.91 Å². The summed E-state index contributed by atoms with van der Waals surface area (Å²) in [5.74, 6) is -0.177. The lowest BCUT2D eigenvalue weighted by Crippen LogP contribution is -2.27. The second-order valence-corrected chi connectivity index (χ2v) is 4.90. The number of aromatic amines is 1. The van der Waals surface area contributed by atoms with Crippen LogP contribution in [0.1, 0.15) is 16.2 Å². The van der Waals surface area contributed by atoms with Crippen molar-refractivity contribution in [2.45, 2.75) is 6.54 Å². The molecule has 1 amide bonds. The quantitative estimate of drug-likeness (QED) is 0.799. The summed E-state index contributed by atoms with van der Waals surface area (Å²) < 4.78 is 0. The number of hydrogen-bond acceptors (Lipinski definition) is 4. The smallest absolute Gasteiger partial charge is 0.274 e. The van der Waals surface area contributed by atoms with E-state index in [4.69, 9.17) is 0 Å². The molecule has 22 heavy (non-hydrogen) atoms. The summed E-state index contributed by atoms with van der Waals surface area (Å²) in [6.07, 6.45) is 4.50. The van der Waals surface area contributed by atoms with Crippen LogP contribution in [0, 0.1) is 0 Å². The van der Waals surface area contributed by atoms with Gasteiger partial charge in [-0.1, -0.05) is 30.3 Å². The summed E-state index contributed by atoms with van der Waals surface area (Å²) in [5.41, 5.74) is 3.08. The molecule has 0 spiro atoms. The summed E-state index contributed by atoms with van der Waals surface area (Å²) >= 11 is 0. The fourth-order valence-electron chi connectivity index (χ4n) is 2.13. The van der Waals surface area contributed by atoms with Gasteiger partial charge in [0.1, 0.15) is 5.69 Å². The molecule has 2 heterocycles. The number of nitrogens with one attached hydrogen (secondary N) is 1. The Kier molecular flexibility index (Phi) is 3.91. The van der Waals surface area contributed by atoms with E-state index >= 15 is 0 Å². The van der Waals surface area contributed by atoms with Gasteiger partial charge in [-0.05, 0) is 6.07 Å². The third-order valence-electron chi connectivity index (χ3n) is 3.24. The number of nitrogens with zero attached hydrogens (tertiary/aromatic N) is 4. The van der Waals surface area contributed by atoms with Crippen LogP contribution in [0.3, 0.4) is 0 Å². The maximum Gasteiger partial charge on any atom is 0.274 e. The predicted molar refractivity (Wildman–Crippen MR) is 81.9 cm³/mol. The lowest BCUT2D eigenvalue weighted by molar-refractivity contribution is 0.0777. The highest BCUT2D eigenvalue weighted by molar-refractivity contribution is 5.91. The van der Waals surface area contributed by atoms with Crippen molar-refractivity contribution in [1.29, 1.82) is 0 Å². The van der Waals surface area contributed by atoms with E-state index < -0.39 is 0 Å². The molecule has 6 nitrogen and oxygen atoms in total. The first-order valence-electron chi connectivity index (χ1n) is 6.85. The largest absolute Gasteiger partial charge is 0.334 e.